The van der Waals surface area contributed by atoms with Crippen molar-refractivity contribution in [2.75, 3.05) is 0 Å². The first-order valence-electron chi connectivity index (χ1n) is 8.48. The maximum absolute atomic E-state index is 8.89. The molecule has 4 heteroatoms. The maximum atomic E-state index is 8.89. The van der Waals surface area contributed by atoms with Gasteiger partial charge in [0.25, 0.3) is 0 Å². The third-order valence-electron chi connectivity index (χ3n) is 3.49. The molecule has 2 rings (SSSR count). The van der Waals surface area contributed by atoms with E-state index in [9.17, 15) is 0 Å². The molecule has 0 aliphatic heterocycles. The van der Waals surface area contributed by atoms with Gasteiger partial charge in [0.2, 0.25) is 0 Å². The van der Waals surface area contributed by atoms with Gasteiger partial charge in [-0.2, -0.15) is 0 Å². The van der Waals surface area contributed by atoms with Crippen molar-refractivity contribution in [3.8, 4) is 11.1 Å². The van der Waals surface area contributed by atoms with E-state index >= 15 is 0 Å². The standard InChI is InChI=1S/C20H26P.C2H4O2.Pd/c1-19(2,3)21(20(4,5)6)18-15-11-10-14-17(18)16-12-8-7-9-13-16;1-2(3)4;/h7-12,14-15H,1-6H3;1H3,(H,3,4);/q-1;;+2/p-1. The zero-order valence-electron chi connectivity index (χ0n) is 16.7. The Hall–Kier alpha value is -0.998. The number of hydrogen-bond acceptors (Lipinski definition) is 2. The number of carboxylic acid groups (broad SMARTS) is 1. The summed E-state index contributed by atoms with van der Waals surface area (Å²) in [6.07, 6.45) is 0. The van der Waals surface area contributed by atoms with E-state index in [1.165, 1.54) is 16.4 Å². The Balaban J connectivity index is 0.00000113. The first-order chi connectivity index (χ1) is 11.4. The van der Waals surface area contributed by atoms with Gasteiger partial charge >= 0.3 is 20.4 Å². The van der Waals surface area contributed by atoms with Crippen LogP contribution in [0.25, 0.3) is 11.1 Å². The fourth-order valence-corrected chi connectivity index (χ4v) is 7.32. The second-order valence-corrected chi connectivity index (χ2v) is 11.8. The van der Waals surface area contributed by atoms with Crippen LogP contribution in [0.5, 0.6) is 0 Å². The van der Waals surface area contributed by atoms with E-state index in [2.05, 4.69) is 84.0 Å². The summed E-state index contributed by atoms with van der Waals surface area (Å²) in [5.74, 6) is -1.08. The van der Waals surface area contributed by atoms with Crippen LogP contribution in [0.3, 0.4) is 0 Å². The zero-order chi connectivity index (χ0) is 19.3. The summed E-state index contributed by atoms with van der Waals surface area (Å²) in [5, 5.41) is 10.9. The molecule has 0 radical (unpaired) electrons. The molecule has 2 aromatic rings. The third kappa shape index (κ3) is 7.71. The molecule has 0 aromatic heterocycles. The number of aliphatic carboxylic acids is 1. The molecule has 0 N–H and O–H groups in total. The molecule has 0 saturated carbocycles. The number of carboxylic acids is 1. The summed E-state index contributed by atoms with van der Waals surface area (Å²) < 4.78 is 0. The van der Waals surface area contributed by atoms with Crippen molar-refractivity contribution >= 4 is 19.2 Å². The molecule has 0 spiro atoms. The summed E-state index contributed by atoms with van der Waals surface area (Å²) >= 11 is 0. The van der Waals surface area contributed by atoms with E-state index in [0.717, 1.165) is 6.92 Å². The Morgan fingerprint density at radius 3 is 1.81 bits per heavy atom. The Morgan fingerprint density at radius 1 is 0.923 bits per heavy atom. The topological polar surface area (TPSA) is 40.1 Å². The predicted octanol–water partition coefficient (Wildman–Crippen LogP) is 4.61. The minimum atomic E-state index is -1.08. The normalized spacial score (nSPS) is 11.2. The minimum absolute atomic E-state index is 0. The van der Waals surface area contributed by atoms with Gasteiger partial charge in [0.05, 0.1) is 0 Å². The smallest absolute Gasteiger partial charge is 0.550 e. The summed E-state index contributed by atoms with van der Waals surface area (Å²) in [4.78, 5) is 8.89. The van der Waals surface area contributed by atoms with Crippen molar-refractivity contribution < 1.29 is 30.3 Å². The van der Waals surface area contributed by atoms with E-state index in [0.29, 0.717) is 0 Å². The van der Waals surface area contributed by atoms with Crippen LogP contribution in [0.4, 0.5) is 0 Å². The summed E-state index contributed by atoms with van der Waals surface area (Å²) in [6, 6.07) is 20.6. The van der Waals surface area contributed by atoms with E-state index in [4.69, 9.17) is 9.90 Å². The molecule has 0 saturated heterocycles. The molecule has 2 aromatic carbocycles. The largest absolute Gasteiger partial charge is 2.00 e. The molecule has 0 aliphatic carbocycles. The molecule has 0 bridgehead atoms. The number of benzene rings is 2. The van der Waals surface area contributed by atoms with Crippen LogP contribution in [-0.4, -0.2) is 16.3 Å². The van der Waals surface area contributed by atoms with Crippen LogP contribution in [0.15, 0.2) is 48.5 Å². The molecule has 0 amide bonds. The molecule has 0 heterocycles. The number of carbonyl (C=O) groups is 1. The number of carbonyl (C=O) groups excluding carboxylic acids is 1. The van der Waals surface area contributed by atoms with E-state index in [-0.39, 0.29) is 38.7 Å². The van der Waals surface area contributed by atoms with Crippen molar-refractivity contribution in [3.63, 3.8) is 0 Å². The predicted molar refractivity (Wildman–Crippen MR) is 107 cm³/mol. The van der Waals surface area contributed by atoms with Gasteiger partial charge in [-0.25, -0.2) is 0 Å². The summed E-state index contributed by atoms with van der Waals surface area (Å²) in [6.45, 7) is 15.2. The third-order valence-corrected chi connectivity index (χ3v) is 7.04. The van der Waals surface area contributed by atoms with Crippen LogP contribution in [0.2, 0.25) is 0 Å². The fraction of sp³-hybridized carbons (Fsp3) is 0.409. The van der Waals surface area contributed by atoms with E-state index < -0.39 is 5.97 Å². The van der Waals surface area contributed by atoms with Gasteiger partial charge in [-0.15, -0.1) is 35.9 Å². The molecule has 0 atom stereocenters. The van der Waals surface area contributed by atoms with Gasteiger partial charge in [0.15, 0.2) is 0 Å². The molecule has 0 fully saturated rings. The fourth-order valence-electron chi connectivity index (χ4n) is 3.19. The van der Waals surface area contributed by atoms with Gasteiger partial charge < -0.3 is 9.90 Å². The zero-order valence-corrected chi connectivity index (χ0v) is 19.1. The van der Waals surface area contributed by atoms with Crippen LogP contribution in [0.1, 0.15) is 48.5 Å². The van der Waals surface area contributed by atoms with Crippen LogP contribution >= 0.6 is 7.92 Å². The second-order valence-electron chi connectivity index (χ2n) is 7.96. The number of rotatable bonds is 2. The van der Waals surface area contributed by atoms with Gasteiger partial charge in [0, 0.05) is 5.97 Å². The van der Waals surface area contributed by atoms with Crippen molar-refractivity contribution in [2.24, 2.45) is 0 Å². The van der Waals surface area contributed by atoms with Crippen LogP contribution < -0.4 is 10.4 Å². The van der Waals surface area contributed by atoms with E-state index in [1.807, 2.05) is 12.1 Å². The molecule has 2 nitrogen and oxygen atoms in total. The molecule has 26 heavy (non-hydrogen) atoms. The maximum Gasteiger partial charge on any atom is 2.00 e. The SMILES string of the molecule is CC(=O)[O-].CC(C)(C)P(c1ccccc1-c1[c-]cccc1)C(C)(C)C.[Pd+2]. The van der Waals surface area contributed by atoms with Gasteiger partial charge in [-0.3, -0.25) is 0 Å². The van der Waals surface area contributed by atoms with Crippen molar-refractivity contribution in [3.05, 3.63) is 54.6 Å². The number of hydrogen-bond donors (Lipinski definition) is 0. The summed E-state index contributed by atoms with van der Waals surface area (Å²) in [5.41, 5.74) is 2.54. The van der Waals surface area contributed by atoms with Crippen molar-refractivity contribution in [2.45, 2.75) is 58.8 Å². The minimum Gasteiger partial charge on any atom is -0.550 e. The Labute approximate surface area is 173 Å². The second kappa shape index (κ2) is 10.4. The summed E-state index contributed by atoms with van der Waals surface area (Å²) in [7, 11) is -0.302. The molecular formula is C22H29O2PPd. The Bertz CT molecular complexity index is 667. The van der Waals surface area contributed by atoms with Crippen LogP contribution in [-0.2, 0) is 25.2 Å². The molecule has 0 unspecified atom stereocenters. The van der Waals surface area contributed by atoms with Crippen molar-refractivity contribution in [1.82, 2.24) is 0 Å². The van der Waals surface area contributed by atoms with Gasteiger partial charge in [0.1, 0.15) is 0 Å². The van der Waals surface area contributed by atoms with Gasteiger partial charge in [-0.05, 0) is 17.2 Å². The average Bonchev–Trinajstić information content (AvgIpc) is 2.45. The average molecular weight is 463 g/mol. The molecule has 144 valence electrons. The van der Waals surface area contributed by atoms with E-state index in [1.54, 1.807) is 0 Å². The first kappa shape index (κ1) is 25.0. The Kier molecular flexibility index (Phi) is 9.97. The van der Waals surface area contributed by atoms with Crippen LogP contribution in [0, 0.1) is 6.07 Å². The Morgan fingerprint density at radius 2 is 1.38 bits per heavy atom. The quantitative estimate of drug-likeness (QED) is 0.371. The molecule has 0 aliphatic rings. The molecular weight excluding hydrogens is 434 g/mol. The first-order valence-corrected chi connectivity index (χ1v) is 9.83. The van der Waals surface area contributed by atoms with Crippen molar-refractivity contribution in [1.29, 1.82) is 0 Å². The van der Waals surface area contributed by atoms with Gasteiger partial charge in [-0.1, -0.05) is 84.6 Å². The monoisotopic (exact) mass is 462 g/mol.